The van der Waals surface area contributed by atoms with E-state index in [1.165, 1.54) is 31.4 Å². The molecule has 30 heavy (non-hydrogen) atoms. The van der Waals surface area contributed by atoms with Gasteiger partial charge in [-0.25, -0.2) is 17.2 Å². The molecule has 3 rings (SSSR count). The van der Waals surface area contributed by atoms with Gasteiger partial charge in [-0.3, -0.25) is 9.52 Å². The van der Waals surface area contributed by atoms with Crippen LogP contribution >= 0.6 is 0 Å². The molecule has 3 aromatic rings. The first-order valence-corrected chi connectivity index (χ1v) is 10.2. The van der Waals surface area contributed by atoms with Crippen LogP contribution in [0.15, 0.2) is 65.6 Å². The predicted octanol–water partition coefficient (Wildman–Crippen LogP) is 4.33. The number of carbonyl (C=O) groups excluding carboxylic acids is 1. The topological polar surface area (TPSA) is 84.5 Å². The van der Waals surface area contributed by atoms with E-state index in [0.29, 0.717) is 11.3 Å². The van der Waals surface area contributed by atoms with Crippen LogP contribution in [0.4, 0.5) is 20.2 Å². The van der Waals surface area contributed by atoms with Gasteiger partial charge in [0.05, 0.1) is 23.3 Å². The molecule has 2 N–H and O–H groups in total. The Hall–Kier alpha value is -3.46. The summed E-state index contributed by atoms with van der Waals surface area (Å²) < 4.78 is 60.6. The molecule has 0 spiro atoms. The summed E-state index contributed by atoms with van der Waals surface area (Å²) in [4.78, 5) is 12.2. The van der Waals surface area contributed by atoms with Crippen LogP contribution in [0.2, 0.25) is 0 Å². The van der Waals surface area contributed by atoms with E-state index in [2.05, 4.69) is 10.0 Å². The molecule has 0 fully saturated rings. The highest BCUT2D eigenvalue weighted by Gasteiger charge is 2.21. The van der Waals surface area contributed by atoms with E-state index in [9.17, 15) is 22.0 Å². The number of hydrogen-bond acceptors (Lipinski definition) is 4. The number of halogens is 2. The number of aryl methyl sites for hydroxylation is 1. The van der Waals surface area contributed by atoms with Crippen molar-refractivity contribution >= 4 is 27.3 Å². The predicted molar refractivity (Wildman–Crippen MR) is 109 cm³/mol. The van der Waals surface area contributed by atoms with Gasteiger partial charge in [0, 0.05) is 5.69 Å². The fraction of sp³-hybridized carbons (Fsp3) is 0.0952. The molecular formula is C21H18F2N2O4S. The lowest BCUT2D eigenvalue weighted by molar-refractivity contribution is 0.102. The number of rotatable bonds is 6. The molecular weight excluding hydrogens is 414 g/mol. The van der Waals surface area contributed by atoms with Crippen LogP contribution in [0.5, 0.6) is 5.75 Å². The van der Waals surface area contributed by atoms with Crippen LogP contribution < -0.4 is 14.8 Å². The standard InChI is InChI=1S/C21H18F2N2O4S/c1-13-10-11-14(24-21(26)15-6-5-7-16(22)20(15)23)12-19(13)30(27,28)25-17-8-3-4-9-18(17)29-2/h3-12,25H,1-2H3,(H,24,26). The molecule has 0 saturated carbocycles. The van der Waals surface area contributed by atoms with Gasteiger partial charge in [0.2, 0.25) is 0 Å². The van der Waals surface area contributed by atoms with Gasteiger partial charge >= 0.3 is 0 Å². The first kappa shape index (κ1) is 21.3. The second kappa shape index (κ2) is 8.50. The van der Waals surface area contributed by atoms with E-state index in [1.807, 2.05) is 0 Å². The van der Waals surface area contributed by atoms with Crippen LogP contribution in [-0.2, 0) is 10.0 Å². The Morgan fingerprint density at radius 2 is 1.73 bits per heavy atom. The van der Waals surface area contributed by atoms with E-state index in [-0.39, 0.29) is 16.3 Å². The van der Waals surface area contributed by atoms with Gasteiger partial charge in [0.25, 0.3) is 15.9 Å². The minimum Gasteiger partial charge on any atom is -0.495 e. The third-order valence-corrected chi connectivity index (χ3v) is 5.79. The number of ether oxygens (including phenoxy) is 1. The Morgan fingerprint density at radius 3 is 2.47 bits per heavy atom. The molecule has 0 saturated heterocycles. The molecule has 9 heteroatoms. The Bertz CT molecular complexity index is 1210. The molecule has 0 aliphatic carbocycles. The van der Waals surface area contributed by atoms with Crippen molar-refractivity contribution in [3.63, 3.8) is 0 Å². The number of carbonyl (C=O) groups is 1. The molecule has 0 aliphatic rings. The number of hydrogen-bond donors (Lipinski definition) is 2. The molecule has 156 valence electrons. The lowest BCUT2D eigenvalue weighted by Crippen LogP contribution is -2.17. The normalized spacial score (nSPS) is 11.1. The highest BCUT2D eigenvalue weighted by Crippen LogP contribution is 2.28. The maximum atomic E-state index is 13.8. The SMILES string of the molecule is COc1ccccc1NS(=O)(=O)c1cc(NC(=O)c2cccc(F)c2F)ccc1C. The van der Waals surface area contributed by atoms with E-state index in [0.717, 1.165) is 12.1 Å². The van der Waals surface area contributed by atoms with Crippen molar-refractivity contribution in [1.82, 2.24) is 0 Å². The summed E-state index contributed by atoms with van der Waals surface area (Å²) in [6.45, 7) is 1.59. The smallest absolute Gasteiger partial charge is 0.262 e. The molecule has 0 atom stereocenters. The fourth-order valence-electron chi connectivity index (χ4n) is 2.77. The van der Waals surface area contributed by atoms with Gasteiger partial charge in [-0.05, 0) is 48.9 Å². The quantitative estimate of drug-likeness (QED) is 0.607. The highest BCUT2D eigenvalue weighted by molar-refractivity contribution is 7.92. The number of amides is 1. The average molecular weight is 432 g/mol. The zero-order chi connectivity index (χ0) is 21.9. The molecule has 0 radical (unpaired) electrons. The largest absolute Gasteiger partial charge is 0.495 e. The third-order valence-electron chi connectivity index (χ3n) is 4.28. The van der Waals surface area contributed by atoms with E-state index < -0.39 is 33.1 Å². The van der Waals surface area contributed by atoms with Crippen molar-refractivity contribution < 1.29 is 26.7 Å². The van der Waals surface area contributed by atoms with E-state index in [1.54, 1.807) is 31.2 Å². The molecule has 3 aromatic carbocycles. The van der Waals surface area contributed by atoms with Crippen LogP contribution in [0.1, 0.15) is 15.9 Å². The Labute approximate surface area is 172 Å². The monoisotopic (exact) mass is 432 g/mol. The first-order chi connectivity index (χ1) is 14.2. The summed E-state index contributed by atoms with van der Waals surface area (Å²) in [7, 11) is -2.61. The molecule has 0 aromatic heterocycles. The summed E-state index contributed by atoms with van der Waals surface area (Å²) in [5.41, 5.74) is 0.282. The first-order valence-electron chi connectivity index (χ1n) is 8.75. The number of methoxy groups -OCH3 is 1. The number of anilines is 2. The van der Waals surface area contributed by atoms with Crippen molar-refractivity contribution in [2.45, 2.75) is 11.8 Å². The molecule has 0 unspecified atom stereocenters. The van der Waals surface area contributed by atoms with E-state index in [4.69, 9.17) is 4.74 Å². The molecule has 0 aliphatic heterocycles. The second-order valence-corrected chi connectivity index (χ2v) is 7.99. The van der Waals surface area contributed by atoms with Gasteiger partial charge in [0.1, 0.15) is 5.75 Å². The fourth-order valence-corrected chi connectivity index (χ4v) is 4.12. The number of para-hydroxylation sites is 2. The lowest BCUT2D eigenvalue weighted by atomic mass is 10.1. The van der Waals surface area contributed by atoms with E-state index >= 15 is 0 Å². The zero-order valence-electron chi connectivity index (χ0n) is 16.1. The van der Waals surface area contributed by atoms with Crippen molar-refractivity contribution in [1.29, 1.82) is 0 Å². The summed E-state index contributed by atoms with van der Waals surface area (Å²) in [5, 5.41) is 2.39. The highest BCUT2D eigenvalue weighted by atomic mass is 32.2. The number of sulfonamides is 1. The molecule has 1 amide bonds. The van der Waals surface area contributed by atoms with Gasteiger partial charge < -0.3 is 10.1 Å². The average Bonchev–Trinajstić information content (AvgIpc) is 2.71. The Morgan fingerprint density at radius 1 is 1.00 bits per heavy atom. The molecule has 0 heterocycles. The Kier molecular flexibility index (Phi) is 6.02. The molecule has 6 nitrogen and oxygen atoms in total. The van der Waals surface area contributed by atoms with Crippen molar-refractivity contribution in [2.24, 2.45) is 0 Å². The number of benzene rings is 3. The van der Waals surface area contributed by atoms with Crippen molar-refractivity contribution in [2.75, 3.05) is 17.1 Å². The minimum atomic E-state index is -4.03. The van der Waals surface area contributed by atoms with Crippen molar-refractivity contribution in [3.8, 4) is 5.75 Å². The summed E-state index contributed by atoms with van der Waals surface area (Å²) in [6.07, 6.45) is 0. The lowest BCUT2D eigenvalue weighted by Gasteiger charge is -2.14. The van der Waals surface area contributed by atoms with Crippen molar-refractivity contribution in [3.05, 3.63) is 83.4 Å². The third kappa shape index (κ3) is 4.41. The summed E-state index contributed by atoms with van der Waals surface area (Å²) in [6, 6.07) is 13.9. The van der Waals surface area contributed by atoms with Gasteiger partial charge in [-0.2, -0.15) is 0 Å². The Balaban J connectivity index is 1.91. The van der Waals surface area contributed by atoms with Gasteiger partial charge in [0.15, 0.2) is 11.6 Å². The van der Waals surface area contributed by atoms with Gasteiger partial charge in [-0.15, -0.1) is 0 Å². The summed E-state index contributed by atoms with van der Waals surface area (Å²) in [5.74, 6) is -3.01. The van der Waals surface area contributed by atoms with Gasteiger partial charge in [-0.1, -0.05) is 24.3 Å². The second-order valence-electron chi connectivity index (χ2n) is 6.34. The maximum Gasteiger partial charge on any atom is 0.262 e. The van der Waals surface area contributed by atoms with Crippen LogP contribution in [-0.4, -0.2) is 21.4 Å². The number of nitrogens with one attached hydrogen (secondary N) is 2. The van der Waals surface area contributed by atoms with Crippen LogP contribution in [0, 0.1) is 18.6 Å². The van der Waals surface area contributed by atoms with Crippen LogP contribution in [0.3, 0.4) is 0 Å². The summed E-state index contributed by atoms with van der Waals surface area (Å²) >= 11 is 0. The van der Waals surface area contributed by atoms with Crippen LogP contribution in [0.25, 0.3) is 0 Å². The minimum absolute atomic E-state index is 0.0917. The maximum absolute atomic E-state index is 13.8. The zero-order valence-corrected chi connectivity index (χ0v) is 16.9. The molecule has 0 bridgehead atoms.